The van der Waals surface area contributed by atoms with E-state index in [0.29, 0.717) is 5.02 Å². The summed E-state index contributed by atoms with van der Waals surface area (Å²) in [7, 11) is -3.28. The molecule has 0 spiro atoms. The second-order valence-corrected chi connectivity index (χ2v) is 9.34. The molecule has 1 aromatic heterocycles. The molecule has 1 aromatic carbocycles. The highest BCUT2D eigenvalue weighted by Crippen LogP contribution is 2.34. The number of nitrogens with zero attached hydrogens (tertiary/aromatic N) is 1. The molecule has 9 heteroatoms. The number of amides is 1. The molecular weight excluding hydrogens is 378 g/mol. The van der Waals surface area contributed by atoms with E-state index in [4.69, 9.17) is 16.0 Å². The van der Waals surface area contributed by atoms with E-state index in [2.05, 4.69) is 15.0 Å². The highest BCUT2D eigenvalue weighted by atomic mass is 35.5. The zero-order chi connectivity index (χ0) is 18.3. The summed E-state index contributed by atoms with van der Waals surface area (Å²) in [4.78, 5) is 16.8. The van der Waals surface area contributed by atoms with Crippen molar-refractivity contribution < 1.29 is 17.6 Å². The SMILES string of the molecule is O=C(NC1CCC(c2nc3cc(Cl)ccc3o2)CC1)C1CNS(=O)(=O)C1. The van der Waals surface area contributed by atoms with Crippen molar-refractivity contribution in [2.24, 2.45) is 5.92 Å². The molecule has 4 rings (SSSR count). The molecule has 0 bridgehead atoms. The first-order chi connectivity index (χ1) is 12.4. The molecular formula is C17H20ClN3O4S. The Morgan fingerprint density at radius 3 is 2.73 bits per heavy atom. The maximum atomic E-state index is 12.2. The summed E-state index contributed by atoms with van der Waals surface area (Å²) in [5.74, 6) is 0.138. The zero-order valence-electron chi connectivity index (χ0n) is 14.1. The Morgan fingerprint density at radius 2 is 2.04 bits per heavy atom. The lowest BCUT2D eigenvalue weighted by Crippen LogP contribution is -2.42. The Kier molecular flexibility index (Phi) is 4.66. The largest absolute Gasteiger partial charge is 0.440 e. The first-order valence-corrected chi connectivity index (χ1v) is 10.8. The second kappa shape index (κ2) is 6.83. The molecule has 2 N–H and O–H groups in total. The lowest BCUT2D eigenvalue weighted by atomic mass is 9.85. The highest BCUT2D eigenvalue weighted by molar-refractivity contribution is 7.89. The number of carbonyl (C=O) groups excluding carboxylic acids is 1. The molecule has 1 amide bonds. The van der Waals surface area contributed by atoms with Gasteiger partial charge in [-0.1, -0.05) is 11.6 Å². The van der Waals surface area contributed by atoms with Crippen molar-refractivity contribution >= 4 is 38.6 Å². The Bertz CT molecular complexity index is 935. The van der Waals surface area contributed by atoms with E-state index in [0.717, 1.165) is 42.7 Å². The molecule has 140 valence electrons. The van der Waals surface area contributed by atoms with Crippen LogP contribution in [0.2, 0.25) is 5.02 Å². The molecule has 1 atom stereocenters. The van der Waals surface area contributed by atoms with Crippen molar-refractivity contribution in [1.29, 1.82) is 0 Å². The topological polar surface area (TPSA) is 101 Å². The van der Waals surface area contributed by atoms with Crippen molar-refractivity contribution in [2.45, 2.75) is 37.6 Å². The number of aromatic nitrogens is 1. The van der Waals surface area contributed by atoms with Crippen LogP contribution in [0.1, 0.15) is 37.5 Å². The fourth-order valence-corrected chi connectivity index (χ4v) is 5.21. The van der Waals surface area contributed by atoms with E-state index < -0.39 is 15.9 Å². The summed E-state index contributed by atoms with van der Waals surface area (Å²) >= 11 is 5.99. The first-order valence-electron chi connectivity index (χ1n) is 8.73. The Hall–Kier alpha value is -1.64. The Balaban J connectivity index is 1.34. The summed E-state index contributed by atoms with van der Waals surface area (Å²) in [6, 6.07) is 5.47. The normalized spacial score (nSPS) is 28.3. The van der Waals surface area contributed by atoms with Crippen LogP contribution in [0.3, 0.4) is 0 Å². The van der Waals surface area contributed by atoms with Gasteiger partial charge in [-0.25, -0.2) is 18.1 Å². The smallest absolute Gasteiger partial charge is 0.225 e. The molecule has 1 saturated heterocycles. The zero-order valence-corrected chi connectivity index (χ0v) is 15.6. The lowest BCUT2D eigenvalue weighted by molar-refractivity contribution is -0.124. The number of halogens is 1. The average molecular weight is 398 g/mol. The van der Waals surface area contributed by atoms with Gasteiger partial charge in [0.2, 0.25) is 15.9 Å². The van der Waals surface area contributed by atoms with Crippen LogP contribution in [0.15, 0.2) is 22.6 Å². The summed E-state index contributed by atoms with van der Waals surface area (Å²) in [5, 5.41) is 3.62. The Labute approximate surface area is 156 Å². The molecule has 1 aliphatic heterocycles. The molecule has 7 nitrogen and oxygen atoms in total. The van der Waals surface area contributed by atoms with Gasteiger partial charge >= 0.3 is 0 Å². The van der Waals surface area contributed by atoms with Crippen LogP contribution in [0, 0.1) is 5.92 Å². The number of hydrogen-bond donors (Lipinski definition) is 2. The first kappa shape index (κ1) is 17.8. The molecule has 2 fully saturated rings. The summed E-state index contributed by atoms with van der Waals surface area (Å²) in [6.07, 6.45) is 3.38. The van der Waals surface area contributed by atoms with Crippen molar-refractivity contribution in [2.75, 3.05) is 12.3 Å². The molecule has 2 aromatic rings. The van der Waals surface area contributed by atoms with Crippen molar-refractivity contribution in [3.05, 3.63) is 29.1 Å². The van der Waals surface area contributed by atoms with Crippen LogP contribution in [0.5, 0.6) is 0 Å². The predicted octanol–water partition coefficient (Wildman–Crippen LogP) is 2.17. The van der Waals surface area contributed by atoms with Gasteiger partial charge in [-0.3, -0.25) is 4.79 Å². The summed E-state index contributed by atoms with van der Waals surface area (Å²) < 4.78 is 31.1. The number of rotatable bonds is 3. The third kappa shape index (κ3) is 3.72. The minimum absolute atomic E-state index is 0.0703. The number of sulfonamides is 1. The average Bonchev–Trinajstić information content (AvgIpc) is 3.18. The van der Waals surface area contributed by atoms with Gasteiger partial charge in [-0.15, -0.1) is 0 Å². The maximum absolute atomic E-state index is 12.2. The molecule has 1 saturated carbocycles. The molecule has 26 heavy (non-hydrogen) atoms. The number of fused-ring (bicyclic) bond motifs is 1. The number of benzene rings is 1. The van der Waals surface area contributed by atoms with E-state index in [1.165, 1.54) is 0 Å². The van der Waals surface area contributed by atoms with Gasteiger partial charge in [0.1, 0.15) is 5.52 Å². The third-order valence-corrected chi connectivity index (χ3v) is 6.81. The molecule has 0 radical (unpaired) electrons. The van der Waals surface area contributed by atoms with Crippen LogP contribution in [-0.4, -0.2) is 37.6 Å². The number of oxazole rings is 1. The van der Waals surface area contributed by atoms with E-state index >= 15 is 0 Å². The second-order valence-electron chi connectivity index (χ2n) is 7.05. The van der Waals surface area contributed by atoms with Crippen molar-refractivity contribution in [3.63, 3.8) is 0 Å². The summed E-state index contributed by atoms with van der Waals surface area (Å²) in [6.45, 7) is 0.189. The lowest BCUT2D eigenvalue weighted by Gasteiger charge is -2.28. The van der Waals surface area contributed by atoms with E-state index in [9.17, 15) is 13.2 Å². The van der Waals surface area contributed by atoms with Gasteiger partial charge in [0, 0.05) is 23.5 Å². The molecule has 1 aliphatic carbocycles. The van der Waals surface area contributed by atoms with Gasteiger partial charge in [-0.2, -0.15) is 0 Å². The fraction of sp³-hybridized carbons (Fsp3) is 0.529. The van der Waals surface area contributed by atoms with Gasteiger partial charge in [-0.05, 0) is 43.9 Å². The Morgan fingerprint density at radius 1 is 1.27 bits per heavy atom. The monoisotopic (exact) mass is 397 g/mol. The van der Waals surface area contributed by atoms with Gasteiger partial charge in [0.15, 0.2) is 11.5 Å². The minimum atomic E-state index is -3.28. The molecule has 2 heterocycles. The third-order valence-electron chi connectivity index (χ3n) is 5.13. The quantitative estimate of drug-likeness (QED) is 0.826. The summed E-state index contributed by atoms with van der Waals surface area (Å²) in [5.41, 5.74) is 1.49. The van der Waals surface area contributed by atoms with E-state index in [1.807, 2.05) is 6.07 Å². The number of carbonyl (C=O) groups is 1. The van der Waals surface area contributed by atoms with E-state index in [1.54, 1.807) is 12.1 Å². The van der Waals surface area contributed by atoms with Gasteiger partial charge in [0.25, 0.3) is 0 Å². The van der Waals surface area contributed by atoms with Crippen LogP contribution >= 0.6 is 11.6 Å². The van der Waals surface area contributed by atoms with E-state index in [-0.39, 0.29) is 30.2 Å². The predicted molar refractivity (Wildman–Crippen MR) is 97.4 cm³/mol. The van der Waals surface area contributed by atoms with Crippen LogP contribution in [0.25, 0.3) is 11.1 Å². The van der Waals surface area contributed by atoms with Gasteiger partial charge < -0.3 is 9.73 Å². The van der Waals surface area contributed by atoms with Gasteiger partial charge in [0.05, 0.1) is 11.7 Å². The molecule has 1 unspecified atom stereocenters. The number of nitrogens with one attached hydrogen (secondary N) is 2. The van der Waals surface area contributed by atoms with Crippen LogP contribution in [-0.2, 0) is 14.8 Å². The number of hydrogen-bond acceptors (Lipinski definition) is 5. The molecule has 2 aliphatic rings. The maximum Gasteiger partial charge on any atom is 0.225 e. The van der Waals surface area contributed by atoms with Crippen molar-refractivity contribution in [3.8, 4) is 0 Å². The highest BCUT2D eigenvalue weighted by Gasteiger charge is 2.34. The fourth-order valence-electron chi connectivity index (χ4n) is 3.68. The minimum Gasteiger partial charge on any atom is -0.440 e. The standard InChI is InChI=1S/C17H20ClN3O4S/c18-12-3-6-15-14(7-12)21-17(25-15)10-1-4-13(5-2-10)20-16(22)11-8-19-26(23,24)9-11/h3,6-7,10-11,13,19H,1-2,4-5,8-9H2,(H,20,22). The van der Waals surface area contributed by atoms with Crippen LogP contribution < -0.4 is 10.0 Å². The van der Waals surface area contributed by atoms with Crippen LogP contribution in [0.4, 0.5) is 0 Å². The van der Waals surface area contributed by atoms with Crippen molar-refractivity contribution in [1.82, 2.24) is 15.0 Å².